The number of aromatic nitrogens is 2. The largest absolute Gasteiger partial charge is 0.310 e. The number of fused-ring (bicyclic) bond motifs is 1. The molecule has 0 saturated carbocycles. The molecule has 0 fully saturated rings. The lowest BCUT2D eigenvalue weighted by atomic mass is 10.1. The van der Waals surface area contributed by atoms with Gasteiger partial charge in [0.25, 0.3) is 0 Å². The molecule has 0 amide bonds. The van der Waals surface area contributed by atoms with Crippen molar-refractivity contribution in [3.63, 3.8) is 0 Å². The van der Waals surface area contributed by atoms with E-state index in [9.17, 15) is 0 Å². The Bertz CT molecular complexity index is 703. The number of rotatable bonds is 6. The van der Waals surface area contributed by atoms with Crippen LogP contribution in [0.3, 0.4) is 0 Å². The van der Waals surface area contributed by atoms with Crippen LogP contribution >= 0.6 is 45.9 Å². The molecular weight excluding hydrogens is 345 g/mol. The van der Waals surface area contributed by atoms with Gasteiger partial charge in [0.1, 0.15) is 0 Å². The molecule has 1 N–H and O–H groups in total. The Labute approximate surface area is 141 Å². The summed E-state index contributed by atoms with van der Waals surface area (Å²) in [6.45, 7) is 3.09. The molecule has 0 aromatic carbocycles. The van der Waals surface area contributed by atoms with Gasteiger partial charge in [0, 0.05) is 35.8 Å². The highest BCUT2D eigenvalue weighted by atomic mass is 35.5. The van der Waals surface area contributed by atoms with Crippen LogP contribution in [0.25, 0.3) is 4.96 Å². The zero-order chi connectivity index (χ0) is 14.8. The Kier molecular flexibility index (Phi) is 4.86. The van der Waals surface area contributed by atoms with Crippen LogP contribution in [-0.2, 0) is 6.42 Å². The second-order valence-corrected chi connectivity index (χ2v) is 7.97. The molecule has 3 aromatic rings. The molecule has 0 bridgehead atoms. The highest BCUT2D eigenvalue weighted by Gasteiger charge is 2.19. The summed E-state index contributed by atoms with van der Waals surface area (Å²) in [4.78, 5) is 5.67. The summed E-state index contributed by atoms with van der Waals surface area (Å²) in [5.41, 5.74) is 2.13. The fraction of sp³-hybridized carbons (Fsp3) is 0.357. The van der Waals surface area contributed by atoms with Crippen molar-refractivity contribution < 1.29 is 0 Å². The second-order valence-electron chi connectivity index (χ2n) is 4.82. The molecule has 0 saturated heterocycles. The number of hydrogen-bond donors (Lipinski definition) is 1. The first kappa shape index (κ1) is 15.3. The molecule has 0 aliphatic heterocycles. The zero-order valence-corrected chi connectivity index (χ0v) is 14.6. The number of hydrogen-bond acceptors (Lipinski definition) is 4. The van der Waals surface area contributed by atoms with E-state index in [1.165, 1.54) is 11.3 Å². The van der Waals surface area contributed by atoms with E-state index in [2.05, 4.69) is 27.8 Å². The maximum absolute atomic E-state index is 6.31. The summed E-state index contributed by atoms with van der Waals surface area (Å²) in [5.74, 6) is 0. The van der Waals surface area contributed by atoms with Gasteiger partial charge in [0.2, 0.25) is 0 Å². The summed E-state index contributed by atoms with van der Waals surface area (Å²) < 4.78 is 3.54. The quantitative estimate of drug-likeness (QED) is 0.667. The third-order valence-corrected chi connectivity index (χ3v) is 5.54. The minimum Gasteiger partial charge on any atom is -0.310 e. The van der Waals surface area contributed by atoms with E-state index in [-0.39, 0.29) is 6.04 Å². The number of halogens is 2. The molecule has 3 heterocycles. The third kappa shape index (κ3) is 3.43. The van der Waals surface area contributed by atoms with E-state index in [1.807, 2.05) is 17.6 Å². The maximum atomic E-state index is 6.31. The van der Waals surface area contributed by atoms with Crippen molar-refractivity contribution >= 4 is 50.8 Å². The zero-order valence-electron chi connectivity index (χ0n) is 11.5. The fourth-order valence-corrected chi connectivity index (χ4v) is 4.58. The molecule has 21 heavy (non-hydrogen) atoms. The lowest BCUT2D eigenvalue weighted by Crippen LogP contribution is -2.24. The summed E-state index contributed by atoms with van der Waals surface area (Å²) in [7, 11) is 0. The molecule has 3 aromatic heterocycles. The topological polar surface area (TPSA) is 29.3 Å². The Morgan fingerprint density at radius 3 is 2.95 bits per heavy atom. The van der Waals surface area contributed by atoms with Crippen LogP contribution in [0.4, 0.5) is 0 Å². The SMILES string of the molecule is CCCNC(Cc1cn2ccsc2n1)c1cc(Cl)sc1Cl. The van der Waals surface area contributed by atoms with Gasteiger partial charge >= 0.3 is 0 Å². The number of thiophene rings is 1. The van der Waals surface area contributed by atoms with E-state index >= 15 is 0 Å². The summed E-state index contributed by atoms with van der Waals surface area (Å²) in [5, 5.41) is 5.58. The van der Waals surface area contributed by atoms with Crippen LogP contribution in [0.2, 0.25) is 8.67 Å². The molecule has 0 aliphatic carbocycles. The minimum atomic E-state index is 0.144. The van der Waals surface area contributed by atoms with E-state index < -0.39 is 0 Å². The van der Waals surface area contributed by atoms with Gasteiger partial charge in [0.05, 0.1) is 14.4 Å². The Balaban J connectivity index is 1.84. The van der Waals surface area contributed by atoms with Crippen molar-refractivity contribution in [1.82, 2.24) is 14.7 Å². The molecule has 3 nitrogen and oxygen atoms in total. The molecule has 7 heteroatoms. The first-order chi connectivity index (χ1) is 10.2. The highest BCUT2D eigenvalue weighted by molar-refractivity contribution is 7.20. The van der Waals surface area contributed by atoms with Crippen molar-refractivity contribution in [2.75, 3.05) is 6.54 Å². The number of thiazole rings is 1. The maximum Gasteiger partial charge on any atom is 0.193 e. The van der Waals surface area contributed by atoms with E-state index in [4.69, 9.17) is 23.2 Å². The molecular formula is C14H15Cl2N3S2. The van der Waals surface area contributed by atoms with Crippen molar-refractivity contribution in [3.05, 3.63) is 43.8 Å². The first-order valence-electron chi connectivity index (χ1n) is 6.76. The van der Waals surface area contributed by atoms with Crippen LogP contribution in [0, 0.1) is 0 Å². The molecule has 1 unspecified atom stereocenters. The lowest BCUT2D eigenvalue weighted by Gasteiger charge is -2.17. The van der Waals surface area contributed by atoms with Gasteiger partial charge < -0.3 is 5.32 Å². The number of nitrogens with zero attached hydrogens (tertiary/aromatic N) is 2. The summed E-state index contributed by atoms with van der Waals surface area (Å²) in [6.07, 6.45) is 5.99. The van der Waals surface area contributed by atoms with Crippen LogP contribution in [0.5, 0.6) is 0 Å². The summed E-state index contributed by atoms with van der Waals surface area (Å²) in [6, 6.07) is 2.10. The van der Waals surface area contributed by atoms with Crippen LogP contribution in [-0.4, -0.2) is 15.9 Å². The van der Waals surface area contributed by atoms with E-state index in [0.29, 0.717) is 0 Å². The Morgan fingerprint density at radius 2 is 2.29 bits per heavy atom. The molecule has 0 radical (unpaired) electrons. The van der Waals surface area contributed by atoms with Crippen LogP contribution < -0.4 is 5.32 Å². The molecule has 1 atom stereocenters. The fourth-order valence-electron chi connectivity index (χ4n) is 2.28. The van der Waals surface area contributed by atoms with Crippen LogP contribution in [0.1, 0.15) is 30.6 Å². The standard InChI is InChI=1S/C14H15Cl2N3S2/c1-2-3-17-11(10-7-12(15)21-13(10)16)6-9-8-19-4-5-20-14(19)18-9/h4-5,7-8,11,17H,2-3,6H2,1H3. The predicted octanol–water partition coefficient (Wildman–Crippen LogP) is 5.05. The van der Waals surface area contributed by atoms with Gasteiger partial charge in [-0.1, -0.05) is 30.1 Å². The van der Waals surface area contributed by atoms with Gasteiger partial charge in [0.15, 0.2) is 4.96 Å². The highest BCUT2D eigenvalue weighted by Crippen LogP contribution is 2.36. The van der Waals surface area contributed by atoms with Gasteiger partial charge in [-0.25, -0.2) is 4.98 Å². The van der Waals surface area contributed by atoms with Crippen molar-refractivity contribution in [2.45, 2.75) is 25.8 Å². The predicted molar refractivity (Wildman–Crippen MR) is 92.1 cm³/mol. The monoisotopic (exact) mass is 359 g/mol. The van der Waals surface area contributed by atoms with Crippen molar-refractivity contribution in [2.24, 2.45) is 0 Å². The second kappa shape index (κ2) is 6.67. The van der Waals surface area contributed by atoms with Crippen LogP contribution in [0.15, 0.2) is 23.8 Å². The molecule has 0 aliphatic rings. The molecule has 0 spiro atoms. The van der Waals surface area contributed by atoms with E-state index in [0.717, 1.165) is 44.3 Å². The van der Waals surface area contributed by atoms with Gasteiger partial charge in [-0.3, -0.25) is 4.40 Å². The normalized spacial score (nSPS) is 13.1. The Morgan fingerprint density at radius 1 is 1.43 bits per heavy atom. The lowest BCUT2D eigenvalue weighted by molar-refractivity contribution is 0.527. The van der Waals surface area contributed by atoms with Crippen molar-refractivity contribution in [3.8, 4) is 0 Å². The summed E-state index contributed by atoms with van der Waals surface area (Å²) >= 11 is 15.5. The molecule has 3 rings (SSSR count). The smallest absolute Gasteiger partial charge is 0.193 e. The first-order valence-corrected chi connectivity index (χ1v) is 9.21. The number of imidazole rings is 1. The minimum absolute atomic E-state index is 0.144. The number of nitrogens with one attached hydrogen (secondary N) is 1. The van der Waals surface area contributed by atoms with Crippen molar-refractivity contribution in [1.29, 1.82) is 0 Å². The van der Waals surface area contributed by atoms with E-state index in [1.54, 1.807) is 11.3 Å². The Hall–Kier alpha value is -0.590. The average Bonchev–Trinajstić information content (AvgIpc) is 3.09. The molecule has 112 valence electrons. The van der Waals surface area contributed by atoms with Gasteiger partial charge in [-0.2, -0.15) is 0 Å². The van der Waals surface area contributed by atoms with Gasteiger partial charge in [-0.15, -0.1) is 22.7 Å². The average molecular weight is 360 g/mol. The third-order valence-electron chi connectivity index (χ3n) is 3.26. The van der Waals surface area contributed by atoms with Gasteiger partial charge in [-0.05, 0) is 19.0 Å².